The molecular weight excluding hydrogens is 410 g/mol. The highest BCUT2D eigenvalue weighted by Crippen LogP contribution is 2.27. The van der Waals surface area contributed by atoms with Gasteiger partial charge in [0.05, 0.1) is 6.54 Å². The van der Waals surface area contributed by atoms with E-state index in [1.807, 2.05) is 31.2 Å². The predicted molar refractivity (Wildman–Crippen MR) is 130 cm³/mol. The van der Waals surface area contributed by atoms with E-state index >= 15 is 0 Å². The van der Waals surface area contributed by atoms with Crippen molar-refractivity contribution in [2.45, 2.75) is 33.7 Å². The summed E-state index contributed by atoms with van der Waals surface area (Å²) in [6.07, 6.45) is 2.80. The summed E-state index contributed by atoms with van der Waals surface area (Å²) in [7, 11) is 0. The summed E-state index contributed by atoms with van der Waals surface area (Å²) in [5, 5.41) is 14.5. The fourth-order valence-corrected chi connectivity index (χ4v) is 4.22. The number of hydrogen-bond donors (Lipinski definition) is 1. The van der Waals surface area contributed by atoms with Gasteiger partial charge in [0, 0.05) is 12.1 Å². The quantitative estimate of drug-likeness (QED) is 0.416. The Hall–Kier alpha value is -4.13. The lowest BCUT2D eigenvalue weighted by atomic mass is 9.96. The third-order valence-corrected chi connectivity index (χ3v) is 5.72. The molecule has 0 unspecified atom stereocenters. The topological polar surface area (TPSA) is 85.2 Å². The largest absolute Gasteiger partial charge is 0.308 e. The van der Waals surface area contributed by atoms with Gasteiger partial charge in [-0.2, -0.15) is 5.21 Å². The number of benzene rings is 2. The number of fused-ring (bicyclic) bond motifs is 1. The Kier molecular flexibility index (Phi) is 5.52. The Morgan fingerprint density at radius 1 is 0.970 bits per heavy atom. The van der Waals surface area contributed by atoms with Crippen LogP contribution >= 0.6 is 0 Å². The summed E-state index contributed by atoms with van der Waals surface area (Å²) >= 11 is 0. The molecule has 3 heterocycles. The lowest BCUT2D eigenvalue weighted by Crippen LogP contribution is -2.06. The van der Waals surface area contributed by atoms with Gasteiger partial charge in [-0.1, -0.05) is 55.5 Å². The molecule has 0 aliphatic heterocycles. The normalized spacial score (nSPS) is 11.9. The molecule has 3 aromatic heterocycles. The Morgan fingerprint density at radius 2 is 1.79 bits per heavy atom. The SMILES string of the molecule is CCc1nc2c(C)cc(C)nc2n1Cc1cccc(C(=Cc2nn[nH]n2)c2ccccc2)c1. The van der Waals surface area contributed by atoms with Crippen molar-refractivity contribution in [2.75, 3.05) is 0 Å². The van der Waals surface area contributed by atoms with Crippen LogP contribution in [0, 0.1) is 13.8 Å². The van der Waals surface area contributed by atoms with Crippen molar-refractivity contribution >= 4 is 22.8 Å². The fourth-order valence-electron chi connectivity index (χ4n) is 4.22. The molecule has 0 amide bonds. The summed E-state index contributed by atoms with van der Waals surface area (Å²) in [6.45, 7) is 6.97. The van der Waals surface area contributed by atoms with Crippen LogP contribution in [0.3, 0.4) is 0 Å². The molecule has 0 radical (unpaired) electrons. The van der Waals surface area contributed by atoms with Crippen LogP contribution in [0.15, 0.2) is 60.7 Å². The van der Waals surface area contributed by atoms with Gasteiger partial charge >= 0.3 is 0 Å². The summed E-state index contributed by atoms with van der Waals surface area (Å²) in [4.78, 5) is 9.70. The Bertz CT molecular complexity index is 1430. The minimum Gasteiger partial charge on any atom is -0.308 e. The molecule has 0 fully saturated rings. The summed E-state index contributed by atoms with van der Waals surface area (Å²) in [5.41, 5.74) is 8.49. The first-order valence-electron chi connectivity index (χ1n) is 11.1. The van der Waals surface area contributed by atoms with Crippen molar-refractivity contribution in [3.05, 3.63) is 100 Å². The zero-order chi connectivity index (χ0) is 22.8. The lowest BCUT2D eigenvalue weighted by molar-refractivity contribution is 0.745. The molecule has 7 heteroatoms. The highest BCUT2D eigenvalue weighted by molar-refractivity contribution is 5.90. The number of nitrogens with one attached hydrogen (secondary N) is 1. The van der Waals surface area contributed by atoms with E-state index in [1.165, 1.54) is 5.56 Å². The third-order valence-electron chi connectivity index (χ3n) is 5.72. The molecule has 0 aliphatic rings. The molecule has 33 heavy (non-hydrogen) atoms. The number of hydrogen-bond acceptors (Lipinski definition) is 5. The Labute approximate surface area is 192 Å². The average molecular weight is 436 g/mol. The molecule has 0 spiro atoms. The minimum absolute atomic E-state index is 0.545. The van der Waals surface area contributed by atoms with Gasteiger partial charge in [-0.3, -0.25) is 0 Å². The number of aryl methyl sites for hydroxylation is 3. The van der Waals surface area contributed by atoms with E-state index in [1.54, 1.807) is 0 Å². The van der Waals surface area contributed by atoms with Crippen molar-refractivity contribution in [2.24, 2.45) is 0 Å². The number of rotatable bonds is 6. The number of nitrogens with zero attached hydrogens (tertiary/aromatic N) is 6. The van der Waals surface area contributed by atoms with E-state index in [0.29, 0.717) is 12.4 Å². The number of imidazole rings is 1. The first kappa shape index (κ1) is 20.8. The van der Waals surface area contributed by atoms with Crippen molar-refractivity contribution in [3.8, 4) is 0 Å². The molecule has 0 saturated heterocycles. The standard InChI is InChI=1S/C26H25N7/c1-4-24-28-25-17(2)13-18(3)27-26(25)33(24)16-19-9-8-12-21(14-19)22(15-23-29-31-32-30-23)20-10-6-5-7-11-20/h5-15H,4,16H2,1-3H3,(H,29,30,31,32). The van der Waals surface area contributed by atoms with Crippen LogP contribution in [0.1, 0.15) is 46.5 Å². The van der Waals surface area contributed by atoms with E-state index < -0.39 is 0 Å². The van der Waals surface area contributed by atoms with E-state index in [4.69, 9.17) is 9.97 Å². The van der Waals surface area contributed by atoms with Gasteiger partial charge < -0.3 is 4.57 Å². The van der Waals surface area contributed by atoms with Gasteiger partial charge in [0.25, 0.3) is 0 Å². The molecular formula is C26H25N7. The van der Waals surface area contributed by atoms with Crippen LogP contribution in [0.5, 0.6) is 0 Å². The highest BCUT2D eigenvalue weighted by atomic mass is 15.5. The van der Waals surface area contributed by atoms with Crippen LogP contribution in [-0.4, -0.2) is 35.2 Å². The second kappa shape index (κ2) is 8.78. The molecule has 5 rings (SSSR count). The maximum atomic E-state index is 4.89. The molecule has 1 N–H and O–H groups in total. The third kappa shape index (κ3) is 4.17. The van der Waals surface area contributed by atoms with Crippen LogP contribution in [0.25, 0.3) is 22.8 Å². The average Bonchev–Trinajstić information content (AvgIpc) is 3.46. The van der Waals surface area contributed by atoms with Gasteiger partial charge in [-0.05, 0) is 65.1 Å². The lowest BCUT2D eigenvalue weighted by Gasteiger charge is -2.12. The predicted octanol–water partition coefficient (Wildman–Crippen LogP) is 4.76. The van der Waals surface area contributed by atoms with Crippen LogP contribution < -0.4 is 0 Å². The van der Waals surface area contributed by atoms with Crippen LogP contribution in [-0.2, 0) is 13.0 Å². The molecule has 0 atom stereocenters. The minimum atomic E-state index is 0.545. The Balaban J connectivity index is 1.59. The molecule has 0 aliphatic carbocycles. The van der Waals surface area contributed by atoms with Gasteiger partial charge in [-0.15, -0.1) is 10.2 Å². The number of H-pyrrole nitrogens is 1. The number of pyridine rings is 1. The molecule has 5 aromatic rings. The smallest absolute Gasteiger partial charge is 0.198 e. The molecule has 0 saturated carbocycles. The van der Waals surface area contributed by atoms with Crippen LogP contribution in [0.4, 0.5) is 0 Å². The van der Waals surface area contributed by atoms with Crippen LogP contribution in [0.2, 0.25) is 0 Å². The second-order valence-electron chi connectivity index (χ2n) is 8.11. The zero-order valence-electron chi connectivity index (χ0n) is 18.9. The van der Waals surface area contributed by atoms with E-state index in [0.717, 1.165) is 51.4 Å². The van der Waals surface area contributed by atoms with E-state index in [-0.39, 0.29) is 0 Å². The summed E-state index contributed by atoms with van der Waals surface area (Å²) < 4.78 is 2.24. The summed E-state index contributed by atoms with van der Waals surface area (Å²) in [6, 6.07) is 20.9. The molecule has 2 aromatic carbocycles. The molecule has 164 valence electrons. The molecule has 7 nitrogen and oxygen atoms in total. The van der Waals surface area contributed by atoms with E-state index in [9.17, 15) is 0 Å². The molecule has 0 bridgehead atoms. The van der Waals surface area contributed by atoms with Gasteiger partial charge in [0.1, 0.15) is 11.3 Å². The van der Waals surface area contributed by atoms with E-state index in [2.05, 4.69) is 81.5 Å². The maximum absolute atomic E-state index is 4.89. The number of tetrazole rings is 1. The van der Waals surface area contributed by atoms with Crippen molar-refractivity contribution in [1.82, 2.24) is 35.2 Å². The maximum Gasteiger partial charge on any atom is 0.198 e. The van der Waals surface area contributed by atoms with Gasteiger partial charge in [0.15, 0.2) is 11.5 Å². The highest BCUT2D eigenvalue weighted by Gasteiger charge is 2.15. The van der Waals surface area contributed by atoms with Gasteiger partial charge in [0.2, 0.25) is 0 Å². The van der Waals surface area contributed by atoms with Gasteiger partial charge in [-0.25, -0.2) is 9.97 Å². The fraction of sp³-hybridized carbons (Fsp3) is 0.192. The first-order chi connectivity index (χ1) is 16.1. The summed E-state index contributed by atoms with van der Waals surface area (Å²) in [5.74, 6) is 1.59. The monoisotopic (exact) mass is 435 g/mol. The zero-order valence-corrected chi connectivity index (χ0v) is 18.9. The van der Waals surface area contributed by atoms with Crippen molar-refractivity contribution in [3.63, 3.8) is 0 Å². The van der Waals surface area contributed by atoms with Crippen molar-refractivity contribution in [1.29, 1.82) is 0 Å². The Morgan fingerprint density at radius 3 is 2.55 bits per heavy atom. The van der Waals surface area contributed by atoms with Crippen molar-refractivity contribution < 1.29 is 0 Å². The first-order valence-corrected chi connectivity index (χ1v) is 11.1. The number of aromatic nitrogens is 7. The number of aromatic amines is 1. The second-order valence-corrected chi connectivity index (χ2v) is 8.11.